The summed E-state index contributed by atoms with van der Waals surface area (Å²) < 4.78 is 6.38. The molecule has 0 unspecified atom stereocenters. The van der Waals surface area contributed by atoms with E-state index < -0.39 is 0 Å². The molecule has 3 rings (SSSR count). The van der Waals surface area contributed by atoms with Crippen LogP contribution in [-0.2, 0) is 4.74 Å². The zero-order valence-electron chi connectivity index (χ0n) is 14.1. The Kier molecular flexibility index (Phi) is 6.66. The molecule has 0 atom stereocenters. The quantitative estimate of drug-likeness (QED) is 0.780. The first-order valence-corrected chi connectivity index (χ1v) is 9.59. The van der Waals surface area contributed by atoms with Crippen molar-refractivity contribution < 1.29 is 9.53 Å². The molecular weight excluding hydrogens is 370 g/mol. The Hall–Kier alpha value is -0.950. The van der Waals surface area contributed by atoms with Crippen LogP contribution in [-0.4, -0.2) is 86.2 Å². The predicted molar refractivity (Wildman–Crippen MR) is 98.4 cm³/mol. The lowest BCUT2D eigenvalue weighted by Crippen LogP contribution is -2.50. The monoisotopic (exact) mass is 395 g/mol. The molecule has 0 bridgehead atoms. The third kappa shape index (κ3) is 4.79. The smallest absolute Gasteiger partial charge is 0.255 e. The second kappa shape index (κ2) is 8.94. The van der Waals surface area contributed by atoms with Gasteiger partial charge >= 0.3 is 0 Å². The van der Waals surface area contributed by atoms with Crippen LogP contribution in [0.25, 0.3) is 0 Å². The number of benzene rings is 1. The minimum absolute atomic E-state index is 0.131. The largest absolute Gasteiger partial charge is 0.380 e. The van der Waals surface area contributed by atoms with Crippen molar-refractivity contribution in [1.29, 1.82) is 0 Å². The van der Waals surface area contributed by atoms with Gasteiger partial charge in [0.05, 0.1) is 12.2 Å². The molecule has 2 heterocycles. The molecular formula is C18H26BrN3O2. The number of carbonyl (C=O) groups excluding carboxylic acids is 1. The standard InChI is InChI=1S/C18H26BrN3O2/c19-17-5-2-1-4-16(17)18(23)22-11-9-21(10-12-22)8-7-20-6-3-14-24-15-13-20/h1-2,4-5H,3,6-15H2. The number of nitrogens with zero attached hydrogens (tertiary/aromatic N) is 3. The molecule has 0 saturated carbocycles. The number of rotatable bonds is 4. The summed E-state index contributed by atoms with van der Waals surface area (Å²) in [5, 5.41) is 0. The maximum absolute atomic E-state index is 12.6. The third-order valence-electron chi connectivity index (χ3n) is 4.81. The van der Waals surface area contributed by atoms with E-state index in [1.54, 1.807) is 0 Å². The number of ether oxygens (including phenoxy) is 1. The minimum Gasteiger partial charge on any atom is -0.380 e. The summed E-state index contributed by atoms with van der Waals surface area (Å²) in [7, 11) is 0. The van der Waals surface area contributed by atoms with Crippen LogP contribution < -0.4 is 0 Å². The maximum atomic E-state index is 12.6. The van der Waals surface area contributed by atoms with Gasteiger partial charge in [0, 0.05) is 63.4 Å². The Balaban J connectivity index is 1.44. The first-order chi connectivity index (χ1) is 11.7. The summed E-state index contributed by atoms with van der Waals surface area (Å²) in [6.45, 7) is 9.65. The van der Waals surface area contributed by atoms with E-state index >= 15 is 0 Å². The summed E-state index contributed by atoms with van der Waals surface area (Å²) in [6.07, 6.45) is 1.13. The highest BCUT2D eigenvalue weighted by molar-refractivity contribution is 9.10. The van der Waals surface area contributed by atoms with Crippen molar-refractivity contribution in [3.63, 3.8) is 0 Å². The van der Waals surface area contributed by atoms with E-state index in [9.17, 15) is 4.79 Å². The molecule has 2 aliphatic heterocycles. The van der Waals surface area contributed by atoms with Crippen molar-refractivity contribution in [3.05, 3.63) is 34.3 Å². The molecule has 0 N–H and O–H groups in total. The highest BCUT2D eigenvalue weighted by Gasteiger charge is 2.23. The van der Waals surface area contributed by atoms with Gasteiger partial charge in [-0.25, -0.2) is 0 Å². The lowest BCUT2D eigenvalue weighted by atomic mass is 10.2. The van der Waals surface area contributed by atoms with Gasteiger partial charge in [0.25, 0.3) is 5.91 Å². The molecule has 6 heteroatoms. The molecule has 132 valence electrons. The number of piperazine rings is 1. The molecule has 1 aromatic rings. The number of hydrogen-bond donors (Lipinski definition) is 0. The van der Waals surface area contributed by atoms with Crippen molar-refractivity contribution in [3.8, 4) is 0 Å². The maximum Gasteiger partial charge on any atom is 0.255 e. The van der Waals surface area contributed by atoms with Gasteiger partial charge < -0.3 is 9.64 Å². The van der Waals surface area contributed by atoms with Gasteiger partial charge in [0.15, 0.2) is 0 Å². The second-order valence-electron chi connectivity index (χ2n) is 6.42. The van der Waals surface area contributed by atoms with E-state index in [1.165, 1.54) is 0 Å². The number of carbonyl (C=O) groups is 1. The molecule has 1 amide bonds. The third-order valence-corrected chi connectivity index (χ3v) is 5.50. The molecule has 0 spiro atoms. The first kappa shape index (κ1) is 17.9. The number of hydrogen-bond acceptors (Lipinski definition) is 4. The van der Waals surface area contributed by atoms with Crippen molar-refractivity contribution in [2.24, 2.45) is 0 Å². The Bertz CT molecular complexity index is 539. The average Bonchev–Trinajstić information content (AvgIpc) is 2.89. The summed E-state index contributed by atoms with van der Waals surface area (Å²) >= 11 is 3.48. The lowest BCUT2D eigenvalue weighted by Gasteiger charge is -2.35. The van der Waals surface area contributed by atoms with Crippen molar-refractivity contribution in [2.75, 3.05) is 65.6 Å². The van der Waals surface area contributed by atoms with E-state index in [0.29, 0.717) is 0 Å². The molecule has 2 aliphatic rings. The van der Waals surface area contributed by atoms with Gasteiger partial charge in [-0.1, -0.05) is 12.1 Å². The predicted octanol–water partition coefficient (Wildman–Crippen LogP) is 1.93. The number of amides is 1. The highest BCUT2D eigenvalue weighted by atomic mass is 79.9. The minimum atomic E-state index is 0.131. The van der Waals surface area contributed by atoms with E-state index in [2.05, 4.69) is 25.7 Å². The molecule has 24 heavy (non-hydrogen) atoms. The zero-order valence-corrected chi connectivity index (χ0v) is 15.7. The van der Waals surface area contributed by atoms with Gasteiger partial charge in [0.2, 0.25) is 0 Å². The van der Waals surface area contributed by atoms with Crippen LogP contribution >= 0.6 is 15.9 Å². The van der Waals surface area contributed by atoms with Crippen LogP contribution in [0.15, 0.2) is 28.7 Å². The summed E-state index contributed by atoms with van der Waals surface area (Å²) in [5.41, 5.74) is 0.760. The molecule has 2 fully saturated rings. The van der Waals surface area contributed by atoms with Crippen LogP contribution in [0.3, 0.4) is 0 Å². The van der Waals surface area contributed by atoms with Crippen molar-refractivity contribution >= 4 is 21.8 Å². The molecule has 0 aliphatic carbocycles. The van der Waals surface area contributed by atoms with Gasteiger partial charge in [-0.2, -0.15) is 0 Å². The molecule has 5 nitrogen and oxygen atoms in total. The zero-order chi connectivity index (χ0) is 16.8. The molecule has 1 aromatic carbocycles. The van der Waals surface area contributed by atoms with Gasteiger partial charge in [-0.15, -0.1) is 0 Å². The topological polar surface area (TPSA) is 36.0 Å². The summed E-state index contributed by atoms with van der Waals surface area (Å²) in [6, 6.07) is 7.67. The van der Waals surface area contributed by atoms with E-state index in [-0.39, 0.29) is 5.91 Å². The van der Waals surface area contributed by atoms with E-state index in [4.69, 9.17) is 4.74 Å². The molecule has 0 aromatic heterocycles. The Labute approximate surface area is 152 Å². The summed E-state index contributed by atoms with van der Waals surface area (Å²) in [5.74, 6) is 0.131. The average molecular weight is 396 g/mol. The Morgan fingerprint density at radius 2 is 1.67 bits per heavy atom. The van der Waals surface area contributed by atoms with Gasteiger partial charge in [-0.3, -0.25) is 14.6 Å². The SMILES string of the molecule is O=C(c1ccccc1Br)N1CCN(CCN2CCCOCC2)CC1. The van der Waals surface area contributed by atoms with Crippen LogP contribution in [0.4, 0.5) is 0 Å². The van der Waals surface area contributed by atoms with Gasteiger partial charge in [-0.05, 0) is 34.5 Å². The lowest BCUT2D eigenvalue weighted by molar-refractivity contribution is 0.0620. The van der Waals surface area contributed by atoms with Crippen LogP contribution in [0, 0.1) is 0 Å². The number of halogens is 1. The van der Waals surface area contributed by atoms with Crippen molar-refractivity contribution in [2.45, 2.75) is 6.42 Å². The fourth-order valence-corrected chi connectivity index (χ4v) is 3.74. The summed E-state index contributed by atoms with van der Waals surface area (Å²) in [4.78, 5) is 19.6. The van der Waals surface area contributed by atoms with Crippen LogP contribution in [0.5, 0.6) is 0 Å². The normalized spacial score (nSPS) is 20.8. The van der Waals surface area contributed by atoms with Crippen LogP contribution in [0.2, 0.25) is 0 Å². The van der Waals surface area contributed by atoms with Gasteiger partial charge in [0.1, 0.15) is 0 Å². The fourth-order valence-electron chi connectivity index (χ4n) is 3.28. The Morgan fingerprint density at radius 1 is 0.958 bits per heavy atom. The molecule has 0 radical (unpaired) electrons. The fraction of sp³-hybridized carbons (Fsp3) is 0.611. The van der Waals surface area contributed by atoms with Crippen LogP contribution in [0.1, 0.15) is 16.8 Å². The first-order valence-electron chi connectivity index (χ1n) is 8.80. The molecule has 2 saturated heterocycles. The Morgan fingerprint density at radius 3 is 2.42 bits per heavy atom. The second-order valence-corrected chi connectivity index (χ2v) is 7.28. The van der Waals surface area contributed by atoms with E-state index in [1.807, 2.05) is 29.2 Å². The van der Waals surface area contributed by atoms with E-state index in [0.717, 1.165) is 82.0 Å². The highest BCUT2D eigenvalue weighted by Crippen LogP contribution is 2.18. The van der Waals surface area contributed by atoms with Crippen molar-refractivity contribution in [1.82, 2.24) is 14.7 Å².